The molecule has 1 saturated heterocycles. The average molecular weight is 338 g/mol. The van der Waals surface area contributed by atoms with Crippen LogP contribution in [0.2, 0.25) is 0 Å². The molecular weight excluding hydrogens is 316 g/mol. The van der Waals surface area contributed by atoms with Crippen LogP contribution in [-0.2, 0) is 33.3 Å². The summed E-state index contributed by atoms with van der Waals surface area (Å²) in [5.41, 5.74) is 0.737. The lowest BCUT2D eigenvalue weighted by molar-refractivity contribution is -0.147. The van der Waals surface area contributed by atoms with E-state index in [9.17, 15) is 14.4 Å². The van der Waals surface area contributed by atoms with Crippen LogP contribution in [0.4, 0.5) is 0 Å². The van der Waals surface area contributed by atoms with Gasteiger partial charge in [-0.25, -0.2) is 14.4 Å². The first-order valence-corrected chi connectivity index (χ1v) is 8.01. The van der Waals surface area contributed by atoms with Crippen LogP contribution in [0, 0.1) is 5.92 Å². The molecule has 0 N–H and O–H groups in total. The van der Waals surface area contributed by atoms with E-state index in [0.29, 0.717) is 24.2 Å². The summed E-state index contributed by atoms with van der Waals surface area (Å²) in [4.78, 5) is 35.5. The van der Waals surface area contributed by atoms with E-state index in [1.54, 1.807) is 0 Å². The predicted molar refractivity (Wildman–Crippen MR) is 82.9 cm³/mol. The Morgan fingerprint density at radius 1 is 1.21 bits per heavy atom. The zero-order valence-corrected chi connectivity index (χ0v) is 13.7. The highest BCUT2D eigenvalue weighted by Crippen LogP contribution is 2.31. The van der Waals surface area contributed by atoms with E-state index in [1.807, 2.05) is 6.92 Å². The average Bonchev–Trinajstić information content (AvgIpc) is 3.40. The maximum absolute atomic E-state index is 12.3. The van der Waals surface area contributed by atoms with E-state index >= 15 is 0 Å². The lowest BCUT2D eigenvalue weighted by Gasteiger charge is -2.23. The summed E-state index contributed by atoms with van der Waals surface area (Å²) in [5.74, 6) is -1.69. The number of hydrogen-bond acceptors (Lipinski definition) is 7. The number of esters is 3. The summed E-state index contributed by atoms with van der Waals surface area (Å²) in [6.07, 6.45) is 3.10. The smallest absolute Gasteiger partial charge is 0.334 e. The Balaban J connectivity index is 1.94. The monoisotopic (exact) mass is 338 g/mol. The van der Waals surface area contributed by atoms with Gasteiger partial charge in [0.1, 0.15) is 25.9 Å². The predicted octanol–water partition coefficient (Wildman–Crippen LogP) is 1.32. The van der Waals surface area contributed by atoms with Crippen molar-refractivity contribution in [1.82, 2.24) is 0 Å². The van der Waals surface area contributed by atoms with Gasteiger partial charge in [-0.3, -0.25) is 0 Å². The Labute approximate surface area is 140 Å². The fourth-order valence-electron chi connectivity index (χ4n) is 2.53. The van der Waals surface area contributed by atoms with Crippen LogP contribution >= 0.6 is 0 Å². The van der Waals surface area contributed by atoms with Gasteiger partial charge in [0, 0.05) is 11.6 Å². The Morgan fingerprint density at radius 3 is 2.58 bits per heavy atom. The second-order valence-corrected chi connectivity index (χ2v) is 5.75. The molecular formula is C17H22O7. The molecule has 0 aromatic rings. The minimum Gasteiger partial charge on any atom is -0.459 e. The maximum atomic E-state index is 12.3. The van der Waals surface area contributed by atoms with Crippen molar-refractivity contribution in [2.45, 2.75) is 32.3 Å². The number of ether oxygens (including phenoxy) is 4. The Kier molecular flexibility index (Phi) is 6.54. The maximum Gasteiger partial charge on any atom is 0.334 e. The fourth-order valence-corrected chi connectivity index (χ4v) is 2.53. The molecule has 0 amide bonds. The first kappa shape index (κ1) is 18.2. The van der Waals surface area contributed by atoms with Crippen molar-refractivity contribution in [3.8, 4) is 0 Å². The van der Waals surface area contributed by atoms with E-state index in [4.69, 9.17) is 18.9 Å². The molecule has 7 nitrogen and oxygen atoms in total. The van der Waals surface area contributed by atoms with Crippen molar-refractivity contribution in [2.24, 2.45) is 5.92 Å². The zero-order chi connectivity index (χ0) is 17.5. The van der Waals surface area contributed by atoms with Crippen molar-refractivity contribution in [2.75, 3.05) is 26.4 Å². The number of epoxide rings is 1. The second kappa shape index (κ2) is 8.63. The third kappa shape index (κ3) is 5.19. The molecule has 0 radical (unpaired) electrons. The van der Waals surface area contributed by atoms with Gasteiger partial charge in [0.05, 0.1) is 12.2 Å². The van der Waals surface area contributed by atoms with Crippen LogP contribution in [0.5, 0.6) is 0 Å². The molecule has 24 heavy (non-hydrogen) atoms. The van der Waals surface area contributed by atoms with Crippen molar-refractivity contribution in [3.63, 3.8) is 0 Å². The van der Waals surface area contributed by atoms with E-state index in [1.165, 1.54) is 0 Å². The van der Waals surface area contributed by atoms with Gasteiger partial charge in [-0.2, -0.15) is 0 Å². The SMILES string of the molecule is C=CC(=O)OCCOC(=O)C1=C(C(=O)OCC2CO2)C(C)CCC1. The van der Waals surface area contributed by atoms with Gasteiger partial charge in [-0.1, -0.05) is 13.5 Å². The van der Waals surface area contributed by atoms with E-state index in [2.05, 4.69) is 6.58 Å². The molecule has 2 unspecified atom stereocenters. The molecule has 0 spiro atoms. The van der Waals surface area contributed by atoms with Crippen LogP contribution in [0.3, 0.4) is 0 Å². The van der Waals surface area contributed by atoms with Crippen molar-refractivity contribution in [3.05, 3.63) is 23.8 Å². The van der Waals surface area contributed by atoms with E-state index < -0.39 is 17.9 Å². The highest BCUT2D eigenvalue weighted by Gasteiger charge is 2.32. The Morgan fingerprint density at radius 2 is 1.92 bits per heavy atom. The molecule has 0 aromatic heterocycles. The molecule has 0 bridgehead atoms. The van der Waals surface area contributed by atoms with Crippen LogP contribution in [0.25, 0.3) is 0 Å². The number of carbonyl (C=O) groups excluding carboxylic acids is 3. The van der Waals surface area contributed by atoms with Crippen LogP contribution < -0.4 is 0 Å². The fraction of sp³-hybridized carbons (Fsp3) is 0.588. The van der Waals surface area contributed by atoms with E-state index in [0.717, 1.165) is 18.9 Å². The van der Waals surface area contributed by atoms with Crippen LogP contribution in [0.15, 0.2) is 23.8 Å². The minimum absolute atomic E-state index is 0.0246. The summed E-state index contributed by atoms with van der Waals surface area (Å²) in [7, 11) is 0. The molecule has 1 aliphatic heterocycles. The van der Waals surface area contributed by atoms with Gasteiger partial charge in [-0.05, 0) is 25.2 Å². The topological polar surface area (TPSA) is 91.4 Å². The van der Waals surface area contributed by atoms with Gasteiger partial charge in [-0.15, -0.1) is 0 Å². The molecule has 1 aliphatic carbocycles. The minimum atomic E-state index is -0.580. The highest BCUT2D eigenvalue weighted by atomic mass is 16.6. The third-order valence-electron chi connectivity index (χ3n) is 3.88. The highest BCUT2D eigenvalue weighted by molar-refractivity contribution is 6.01. The van der Waals surface area contributed by atoms with E-state index in [-0.39, 0.29) is 31.8 Å². The van der Waals surface area contributed by atoms with Gasteiger partial charge >= 0.3 is 17.9 Å². The molecule has 7 heteroatoms. The Hall–Kier alpha value is -2.15. The number of hydrogen-bond donors (Lipinski definition) is 0. The first-order valence-electron chi connectivity index (χ1n) is 8.01. The summed E-state index contributed by atoms with van der Waals surface area (Å²) in [6.45, 7) is 5.83. The van der Waals surface area contributed by atoms with Crippen molar-refractivity contribution >= 4 is 17.9 Å². The van der Waals surface area contributed by atoms with Gasteiger partial charge < -0.3 is 18.9 Å². The molecule has 1 heterocycles. The summed E-state index contributed by atoms with van der Waals surface area (Å²) < 4.78 is 20.1. The zero-order valence-electron chi connectivity index (χ0n) is 13.7. The third-order valence-corrected chi connectivity index (χ3v) is 3.88. The molecule has 132 valence electrons. The van der Waals surface area contributed by atoms with Crippen LogP contribution in [-0.4, -0.2) is 50.4 Å². The lowest BCUT2D eigenvalue weighted by Crippen LogP contribution is -2.25. The first-order chi connectivity index (χ1) is 11.5. The quantitative estimate of drug-likeness (QED) is 0.217. The van der Waals surface area contributed by atoms with Crippen molar-refractivity contribution in [1.29, 1.82) is 0 Å². The lowest BCUT2D eigenvalue weighted by atomic mass is 9.84. The molecule has 1 fully saturated rings. The largest absolute Gasteiger partial charge is 0.459 e. The number of carbonyl (C=O) groups is 3. The molecule has 0 aromatic carbocycles. The van der Waals surface area contributed by atoms with Crippen molar-refractivity contribution < 1.29 is 33.3 Å². The summed E-state index contributed by atoms with van der Waals surface area (Å²) in [6, 6.07) is 0. The second-order valence-electron chi connectivity index (χ2n) is 5.75. The molecule has 2 atom stereocenters. The number of rotatable bonds is 8. The normalized spacial score (nSPS) is 22.5. The standard InChI is InChI=1S/C17H22O7/c1-3-14(18)21-7-8-22-16(19)13-6-4-5-11(2)15(13)17(20)24-10-12-9-23-12/h3,11-12H,1,4-10H2,2H3. The van der Waals surface area contributed by atoms with Gasteiger partial charge in [0.15, 0.2) is 0 Å². The summed E-state index contributed by atoms with van der Waals surface area (Å²) >= 11 is 0. The van der Waals surface area contributed by atoms with Gasteiger partial charge in [0.25, 0.3) is 0 Å². The summed E-state index contributed by atoms with van der Waals surface area (Å²) in [5, 5.41) is 0. The van der Waals surface area contributed by atoms with Crippen LogP contribution in [0.1, 0.15) is 26.2 Å². The Bertz CT molecular complexity index is 545. The van der Waals surface area contributed by atoms with Gasteiger partial charge in [0.2, 0.25) is 0 Å². The molecule has 2 aliphatic rings. The molecule has 0 saturated carbocycles. The molecule has 2 rings (SSSR count).